The highest BCUT2D eigenvalue weighted by Crippen LogP contribution is 2.48. The van der Waals surface area contributed by atoms with Gasteiger partial charge in [0.05, 0.1) is 4.75 Å². The smallest absolute Gasteiger partial charge is 0.129 e. The number of hydrogen-bond acceptors (Lipinski definition) is 1. The molecule has 1 aliphatic rings. The van der Waals surface area contributed by atoms with E-state index < -0.39 is 8.07 Å². The van der Waals surface area contributed by atoms with Crippen LogP contribution in [0.25, 0.3) is 0 Å². The minimum Gasteiger partial charge on any atom is -0.137 e. The van der Waals surface area contributed by atoms with Crippen LogP contribution in [-0.4, -0.2) is 18.6 Å². The average Bonchev–Trinajstić information content (AvgIpc) is 2.12. The number of rotatable bonds is 0. The van der Waals surface area contributed by atoms with E-state index in [1.54, 1.807) is 0 Å². The molecule has 0 aromatic heterocycles. The molecule has 0 aromatic carbocycles. The van der Waals surface area contributed by atoms with Crippen molar-refractivity contribution in [3.05, 3.63) is 11.6 Å². The molecular weight excluding hydrogens is 240 g/mol. The summed E-state index contributed by atoms with van der Waals surface area (Å²) in [5.41, 5.74) is 5.34. The Balaban J connectivity index is 3.13. The van der Waals surface area contributed by atoms with E-state index in [1.165, 1.54) is 5.57 Å². The Morgan fingerprint density at radius 3 is 2.29 bits per heavy atom. The molecule has 0 amide bonds. The van der Waals surface area contributed by atoms with E-state index in [4.69, 9.17) is 0 Å². The van der Waals surface area contributed by atoms with Crippen LogP contribution in [0, 0.1) is 16.9 Å². The van der Waals surface area contributed by atoms with Crippen LogP contribution in [0.5, 0.6) is 0 Å². The van der Waals surface area contributed by atoms with Gasteiger partial charge in [-0.15, -0.1) is 17.3 Å². The zero-order valence-corrected chi connectivity index (χ0v) is 14.2. The molecule has 0 N–H and O–H groups in total. The van der Waals surface area contributed by atoms with Crippen molar-refractivity contribution in [2.75, 3.05) is 5.75 Å². The molecule has 1 atom stereocenters. The summed E-state index contributed by atoms with van der Waals surface area (Å²) >= 11 is 2.03. The zero-order chi connectivity index (χ0) is 13.3. The van der Waals surface area contributed by atoms with E-state index in [0.717, 1.165) is 12.2 Å². The van der Waals surface area contributed by atoms with E-state index in [9.17, 15) is 0 Å². The molecule has 0 saturated heterocycles. The van der Waals surface area contributed by atoms with Gasteiger partial charge in [0.15, 0.2) is 0 Å². The van der Waals surface area contributed by atoms with E-state index in [1.807, 2.05) is 11.8 Å². The third kappa shape index (κ3) is 3.93. The molecule has 0 bridgehead atoms. The molecule has 1 rings (SSSR count). The second kappa shape index (κ2) is 4.86. The van der Waals surface area contributed by atoms with Crippen LogP contribution in [0.3, 0.4) is 0 Å². The second-order valence-corrected chi connectivity index (χ2v) is 13.2. The van der Waals surface area contributed by atoms with E-state index in [2.05, 4.69) is 64.9 Å². The van der Waals surface area contributed by atoms with Crippen LogP contribution in [0.4, 0.5) is 0 Å². The van der Waals surface area contributed by atoms with Crippen molar-refractivity contribution in [3.63, 3.8) is 0 Å². The summed E-state index contributed by atoms with van der Waals surface area (Å²) in [6.45, 7) is 16.2. The van der Waals surface area contributed by atoms with Gasteiger partial charge in [-0.2, -0.15) is 0 Å². The summed E-state index contributed by atoms with van der Waals surface area (Å²) in [5, 5.41) is 0. The van der Waals surface area contributed by atoms with Gasteiger partial charge in [-0.3, -0.25) is 0 Å². The van der Waals surface area contributed by atoms with Gasteiger partial charge in [0.25, 0.3) is 0 Å². The third-order valence-electron chi connectivity index (χ3n) is 3.14. The largest absolute Gasteiger partial charge is 0.137 e. The Labute approximate surface area is 113 Å². The monoisotopic (exact) mass is 266 g/mol. The highest BCUT2D eigenvalue weighted by molar-refractivity contribution is 8.01. The van der Waals surface area contributed by atoms with Crippen LogP contribution in [0.2, 0.25) is 19.6 Å². The van der Waals surface area contributed by atoms with Crippen molar-refractivity contribution in [2.45, 2.75) is 58.5 Å². The number of hydrogen-bond donors (Lipinski definition) is 0. The van der Waals surface area contributed by atoms with Gasteiger partial charge >= 0.3 is 0 Å². The quantitative estimate of drug-likeness (QED) is 0.347. The molecule has 0 spiro atoms. The van der Waals surface area contributed by atoms with Crippen molar-refractivity contribution in [1.82, 2.24) is 0 Å². The second-order valence-electron chi connectivity index (χ2n) is 7.12. The molecule has 1 heterocycles. The molecule has 0 fully saturated rings. The van der Waals surface area contributed by atoms with Gasteiger partial charge in [0.1, 0.15) is 8.07 Å². The summed E-state index contributed by atoms with van der Waals surface area (Å²) in [7, 11) is -1.28. The first-order valence-electron chi connectivity index (χ1n) is 6.40. The molecule has 0 nitrogen and oxygen atoms in total. The Bertz CT molecular complexity index is 370. The lowest BCUT2D eigenvalue weighted by Crippen LogP contribution is -2.41. The Kier molecular flexibility index (Phi) is 4.27. The topological polar surface area (TPSA) is 0 Å². The summed E-state index contributed by atoms with van der Waals surface area (Å²) in [6.07, 6.45) is 3.48. The van der Waals surface area contributed by atoms with Crippen molar-refractivity contribution in [2.24, 2.45) is 5.41 Å². The van der Waals surface area contributed by atoms with Gasteiger partial charge in [0.2, 0.25) is 0 Å². The molecule has 1 unspecified atom stereocenters. The highest BCUT2D eigenvalue weighted by Gasteiger charge is 2.42. The van der Waals surface area contributed by atoms with Gasteiger partial charge < -0.3 is 0 Å². The number of allylic oxidation sites excluding steroid dienone is 1. The van der Waals surface area contributed by atoms with E-state index >= 15 is 0 Å². The summed E-state index contributed by atoms with van der Waals surface area (Å²) in [4.78, 5) is 0. The SMILES string of the molecule is CC1=CCSC(C#C[Si](C)(C)C)(C(C)(C)C)C1. The Morgan fingerprint density at radius 1 is 1.29 bits per heavy atom. The maximum absolute atomic E-state index is 3.68. The summed E-state index contributed by atoms with van der Waals surface area (Å²) < 4.78 is 0.117. The molecule has 0 aromatic rings. The molecule has 0 saturated carbocycles. The molecular formula is C15H26SSi. The van der Waals surface area contributed by atoms with Crippen LogP contribution >= 0.6 is 11.8 Å². The van der Waals surface area contributed by atoms with Crippen molar-refractivity contribution in [3.8, 4) is 11.5 Å². The highest BCUT2D eigenvalue weighted by atomic mass is 32.2. The third-order valence-corrected chi connectivity index (χ3v) is 5.70. The summed E-state index contributed by atoms with van der Waals surface area (Å²) in [6, 6.07) is 0. The van der Waals surface area contributed by atoms with Crippen molar-refractivity contribution < 1.29 is 0 Å². The molecule has 2 heteroatoms. The first-order chi connectivity index (χ1) is 7.56. The lowest BCUT2D eigenvalue weighted by molar-refractivity contribution is 0.334. The van der Waals surface area contributed by atoms with Gasteiger partial charge in [-0.1, -0.05) is 58.0 Å². The van der Waals surface area contributed by atoms with Crippen molar-refractivity contribution >= 4 is 19.8 Å². The zero-order valence-electron chi connectivity index (χ0n) is 12.4. The number of thioether (sulfide) groups is 1. The minimum absolute atomic E-state index is 0.117. The van der Waals surface area contributed by atoms with Crippen LogP contribution in [-0.2, 0) is 0 Å². The fraction of sp³-hybridized carbons (Fsp3) is 0.733. The van der Waals surface area contributed by atoms with Crippen LogP contribution in [0.15, 0.2) is 11.6 Å². The van der Waals surface area contributed by atoms with Crippen LogP contribution in [0.1, 0.15) is 34.1 Å². The maximum Gasteiger partial charge on any atom is 0.129 e. The lowest BCUT2D eigenvalue weighted by Gasteiger charge is -2.43. The predicted molar refractivity (Wildman–Crippen MR) is 84.1 cm³/mol. The molecule has 0 radical (unpaired) electrons. The van der Waals surface area contributed by atoms with E-state index in [-0.39, 0.29) is 10.2 Å². The predicted octanol–water partition coefficient (Wildman–Crippen LogP) is 4.74. The molecule has 17 heavy (non-hydrogen) atoms. The summed E-state index contributed by atoms with van der Waals surface area (Å²) in [5.74, 6) is 4.79. The Hall–Kier alpha value is -0.133. The average molecular weight is 267 g/mol. The standard InChI is InChI=1S/C15H26SSi/c1-13-8-10-16-15(12-13,14(2,3)4)9-11-17(5,6)7/h8H,10,12H2,1-7H3. The van der Waals surface area contributed by atoms with E-state index in [0.29, 0.717) is 0 Å². The normalized spacial score (nSPS) is 25.9. The van der Waals surface area contributed by atoms with Gasteiger partial charge in [0, 0.05) is 5.75 Å². The lowest BCUT2D eigenvalue weighted by atomic mass is 9.76. The van der Waals surface area contributed by atoms with Crippen molar-refractivity contribution in [1.29, 1.82) is 0 Å². The fourth-order valence-corrected chi connectivity index (χ4v) is 4.10. The first-order valence-corrected chi connectivity index (χ1v) is 10.9. The minimum atomic E-state index is -1.28. The molecule has 96 valence electrons. The van der Waals surface area contributed by atoms with Gasteiger partial charge in [-0.25, -0.2) is 0 Å². The molecule has 0 aliphatic carbocycles. The molecule has 1 aliphatic heterocycles. The van der Waals surface area contributed by atoms with Crippen LogP contribution < -0.4 is 0 Å². The van der Waals surface area contributed by atoms with Gasteiger partial charge in [-0.05, 0) is 18.8 Å². The fourth-order valence-electron chi connectivity index (χ4n) is 1.88. The Morgan fingerprint density at radius 2 is 1.88 bits per heavy atom. The first kappa shape index (κ1) is 14.9. The maximum atomic E-state index is 3.68.